The highest BCUT2D eigenvalue weighted by atomic mass is 35.5. The second-order valence-electron chi connectivity index (χ2n) is 6.43. The number of sulfone groups is 1. The molecule has 0 unspecified atom stereocenters. The first-order chi connectivity index (χ1) is 14.3. The van der Waals surface area contributed by atoms with Crippen molar-refractivity contribution in [2.24, 2.45) is 0 Å². The van der Waals surface area contributed by atoms with Crippen molar-refractivity contribution < 1.29 is 13.2 Å². The van der Waals surface area contributed by atoms with E-state index in [9.17, 15) is 13.2 Å². The molecule has 0 bridgehead atoms. The van der Waals surface area contributed by atoms with Gasteiger partial charge in [-0.2, -0.15) is 0 Å². The zero-order valence-corrected chi connectivity index (χ0v) is 18.8. The van der Waals surface area contributed by atoms with Crippen LogP contribution >= 0.6 is 34.3 Å². The molecule has 2 aromatic carbocycles. The number of anilines is 3. The largest absolute Gasteiger partial charge is 0.331 e. The highest BCUT2D eigenvalue weighted by Crippen LogP contribution is 2.28. The maximum absolute atomic E-state index is 12.4. The number of halogens is 1. The third-order valence-corrected chi connectivity index (χ3v) is 7.09. The zero-order valence-electron chi connectivity index (χ0n) is 15.5. The predicted molar refractivity (Wildman–Crippen MR) is 122 cm³/mol. The summed E-state index contributed by atoms with van der Waals surface area (Å²) in [5, 5.41) is 9.41. The SMILES string of the molecule is CS(=O)(=O)c1ccc2nc(NC(=O)Cc3csc(Nc4cccc(Cl)c4)n3)sc2c1. The van der Waals surface area contributed by atoms with E-state index in [-0.39, 0.29) is 17.2 Å². The van der Waals surface area contributed by atoms with Gasteiger partial charge >= 0.3 is 0 Å². The van der Waals surface area contributed by atoms with Crippen LogP contribution in [0.2, 0.25) is 5.02 Å². The van der Waals surface area contributed by atoms with Crippen LogP contribution in [0, 0.1) is 0 Å². The van der Waals surface area contributed by atoms with E-state index in [0.717, 1.165) is 11.9 Å². The number of amides is 1. The van der Waals surface area contributed by atoms with Crippen LogP contribution in [0.3, 0.4) is 0 Å². The number of fused-ring (bicyclic) bond motifs is 1. The third kappa shape index (κ3) is 4.96. The molecule has 7 nitrogen and oxygen atoms in total. The van der Waals surface area contributed by atoms with Gasteiger partial charge in [0.25, 0.3) is 0 Å². The molecule has 1 amide bonds. The Hall–Kier alpha value is -2.53. The Morgan fingerprint density at radius 1 is 1.13 bits per heavy atom. The van der Waals surface area contributed by atoms with Crippen molar-refractivity contribution in [3.05, 3.63) is 58.6 Å². The van der Waals surface area contributed by atoms with E-state index in [1.165, 1.54) is 28.7 Å². The number of nitrogens with zero attached hydrogens (tertiary/aromatic N) is 2. The van der Waals surface area contributed by atoms with E-state index in [1.54, 1.807) is 24.3 Å². The molecular weight excluding hydrogens is 464 g/mol. The topological polar surface area (TPSA) is 101 Å². The van der Waals surface area contributed by atoms with Gasteiger partial charge < -0.3 is 10.6 Å². The molecule has 0 aliphatic rings. The summed E-state index contributed by atoms with van der Waals surface area (Å²) in [6.45, 7) is 0. The van der Waals surface area contributed by atoms with E-state index in [2.05, 4.69) is 20.6 Å². The molecule has 0 saturated heterocycles. The fourth-order valence-corrected chi connectivity index (χ4v) is 5.22. The molecular formula is C19H15ClN4O3S3. The summed E-state index contributed by atoms with van der Waals surface area (Å²) >= 11 is 8.59. The lowest BCUT2D eigenvalue weighted by molar-refractivity contribution is -0.115. The molecule has 30 heavy (non-hydrogen) atoms. The molecule has 2 heterocycles. The molecule has 2 aromatic heterocycles. The minimum Gasteiger partial charge on any atom is -0.331 e. The Morgan fingerprint density at radius 3 is 2.73 bits per heavy atom. The number of carbonyl (C=O) groups excluding carboxylic acids is 1. The monoisotopic (exact) mass is 478 g/mol. The zero-order chi connectivity index (χ0) is 21.3. The van der Waals surface area contributed by atoms with Crippen molar-refractivity contribution in [1.82, 2.24) is 9.97 Å². The number of carbonyl (C=O) groups is 1. The Kier molecular flexibility index (Phi) is 5.74. The quantitative estimate of drug-likeness (QED) is 0.415. The maximum atomic E-state index is 12.4. The number of hydrogen-bond donors (Lipinski definition) is 2. The lowest BCUT2D eigenvalue weighted by atomic mass is 10.3. The number of hydrogen-bond acceptors (Lipinski definition) is 8. The van der Waals surface area contributed by atoms with Gasteiger partial charge in [0.1, 0.15) is 0 Å². The Balaban J connectivity index is 1.42. The van der Waals surface area contributed by atoms with Crippen molar-refractivity contribution in [1.29, 1.82) is 0 Å². The van der Waals surface area contributed by atoms with Gasteiger partial charge in [-0.3, -0.25) is 4.79 Å². The third-order valence-electron chi connectivity index (χ3n) is 4.00. The summed E-state index contributed by atoms with van der Waals surface area (Å²) in [6, 6.07) is 12.0. The number of benzene rings is 2. The molecule has 0 spiro atoms. The first kappa shape index (κ1) is 20.7. The average molecular weight is 479 g/mol. The minimum absolute atomic E-state index is 0.0955. The maximum Gasteiger partial charge on any atom is 0.232 e. The Bertz CT molecular complexity index is 1350. The van der Waals surface area contributed by atoms with Gasteiger partial charge in [-0.15, -0.1) is 11.3 Å². The van der Waals surface area contributed by atoms with Crippen molar-refractivity contribution in [3.63, 3.8) is 0 Å². The van der Waals surface area contributed by atoms with Crippen LogP contribution in [-0.2, 0) is 21.1 Å². The lowest BCUT2D eigenvalue weighted by Crippen LogP contribution is -2.14. The van der Waals surface area contributed by atoms with E-state index in [1.807, 2.05) is 17.5 Å². The van der Waals surface area contributed by atoms with Crippen LogP contribution in [0.1, 0.15) is 5.69 Å². The molecule has 2 N–H and O–H groups in total. The number of nitrogens with one attached hydrogen (secondary N) is 2. The highest BCUT2D eigenvalue weighted by Gasteiger charge is 2.13. The summed E-state index contributed by atoms with van der Waals surface area (Å²) in [5.41, 5.74) is 2.07. The Morgan fingerprint density at radius 2 is 1.97 bits per heavy atom. The van der Waals surface area contributed by atoms with Gasteiger partial charge in [-0.05, 0) is 36.4 Å². The molecule has 11 heteroatoms. The van der Waals surface area contributed by atoms with Crippen molar-refractivity contribution >= 4 is 76.2 Å². The molecule has 0 radical (unpaired) electrons. The summed E-state index contributed by atoms with van der Waals surface area (Å²) < 4.78 is 24.1. The van der Waals surface area contributed by atoms with Gasteiger partial charge in [0.05, 0.1) is 27.2 Å². The molecule has 4 rings (SSSR count). The molecule has 0 fully saturated rings. The highest BCUT2D eigenvalue weighted by molar-refractivity contribution is 7.90. The molecule has 154 valence electrons. The van der Waals surface area contributed by atoms with Crippen molar-refractivity contribution in [2.75, 3.05) is 16.9 Å². The van der Waals surface area contributed by atoms with Crippen LogP contribution in [0.15, 0.2) is 52.7 Å². The first-order valence-electron chi connectivity index (χ1n) is 8.64. The molecule has 4 aromatic rings. The summed E-state index contributed by atoms with van der Waals surface area (Å²) in [5.74, 6) is -0.253. The van der Waals surface area contributed by atoms with E-state index < -0.39 is 9.84 Å². The summed E-state index contributed by atoms with van der Waals surface area (Å²) in [4.78, 5) is 21.4. The number of thiazole rings is 2. The van der Waals surface area contributed by atoms with E-state index in [0.29, 0.717) is 31.2 Å². The van der Waals surface area contributed by atoms with Crippen LogP contribution in [0.4, 0.5) is 16.0 Å². The molecule has 0 saturated carbocycles. The summed E-state index contributed by atoms with van der Waals surface area (Å²) in [6.07, 6.45) is 1.25. The first-order valence-corrected chi connectivity index (χ1v) is 12.6. The average Bonchev–Trinajstić information content (AvgIpc) is 3.26. The Labute approximate surface area is 185 Å². The molecule has 0 aliphatic heterocycles. The number of rotatable bonds is 6. The van der Waals surface area contributed by atoms with Crippen LogP contribution in [0.5, 0.6) is 0 Å². The fraction of sp³-hybridized carbons (Fsp3) is 0.105. The smallest absolute Gasteiger partial charge is 0.232 e. The predicted octanol–water partition coefficient (Wildman–Crippen LogP) is 4.73. The van der Waals surface area contributed by atoms with Gasteiger partial charge in [-0.25, -0.2) is 18.4 Å². The van der Waals surface area contributed by atoms with E-state index in [4.69, 9.17) is 11.6 Å². The standard InChI is InChI=1S/C19H15ClN4O3S3/c1-30(26,27)14-5-6-15-16(9-14)29-19(23-15)24-17(25)8-13-10-28-18(22-13)21-12-4-2-3-11(20)7-12/h2-7,9-10H,8H2,1H3,(H,21,22)(H,23,24,25). The molecule has 0 atom stereocenters. The summed E-state index contributed by atoms with van der Waals surface area (Å²) in [7, 11) is -3.30. The van der Waals surface area contributed by atoms with Crippen molar-refractivity contribution in [2.45, 2.75) is 11.3 Å². The second-order valence-corrected chi connectivity index (χ2v) is 10.8. The lowest BCUT2D eigenvalue weighted by Gasteiger charge is -2.02. The fourth-order valence-electron chi connectivity index (χ4n) is 2.65. The van der Waals surface area contributed by atoms with Crippen LogP contribution in [0.25, 0.3) is 10.2 Å². The number of aromatic nitrogens is 2. The van der Waals surface area contributed by atoms with Gasteiger partial charge in [0.15, 0.2) is 20.1 Å². The minimum atomic E-state index is -3.30. The van der Waals surface area contributed by atoms with Gasteiger partial charge in [0, 0.05) is 22.3 Å². The van der Waals surface area contributed by atoms with Crippen LogP contribution in [-0.4, -0.2) is 30.5 Å². The van der Waals surface area contributed by atoms with E-state index >= 15 is 0 Å². The van der Waals surface area contributed by atoms with Crippen molar-refractivity contribution in [3.8, 4) is 0 Å². The van der Waals surface area contributed by atoms with Gasteiger partial charge in [-0.1, -0.05) is 29.0 Å². The van der Waals surface area contributed by atoms with Crippen LogP contribution < -0.4 is 10.6 Å². The molecule has 0 aliphatic carbocycles. The normalized spacial score (nSPS) is 11.5. The second kappa shape index (κ2) is 8.31. The van der Waals surface area contributed by atoms with Gasteiger partial charge in [0.2, 0.25) is 5.91 Å².